The van der Waals surface area contributed by atoms with Crippen LogP contribution in [0.2, 0.25) is 0 Å². The van der Waals surface area contributed by atoms with Crippen molar-refractivity contribution in [1.29, 1.82) is 0 Å². The van der Waals surface area contributed by atoms with Gasteiger partial charge in [0.1, 0.15) is 0 Å². The van der Waals surface area contributed by atoms with Crippen LogP contribution in [-0.4, -0.2) is 30.8 Å². The summed E-state index contributed by atoms with van der Waals surface area (Å²) in [5.74, 6) is -0.108. The zero-order valence-corrected chi connectivity index (χ0v) is 14.9. The lowest BCUT2D eigenvalue weighted by Crippen LogP contribution is -2.10. The minimum atomic E-state index is -3.32. The fraction of sp³-hybridized carbons (Fsp3) is 0.167. The summed E-state index contributed by atoms with van der Waals surface area (Å²) in [5, 5.41) is 7.86. The predicted octanol–water partition coefficient (Wildman–Crippen LogP) is 3.06. The monoisotopic (exact) mass is 372 g/mol. The van der Waals surface area contributed by atoms with Crippen molar-refractivity contribution in [1.82, 2.24) is 10.2 Å². The Bertz CT molecular complexity index is 1010. The van der Waals surface area contributed by atoms with E-state index in [1.54, 1.807) is 6.92 Å². The standard InChI is InChI=1S/C18H16N2O5S/c1-12(16-19-20-17(25-16)13-6-4-3-5-7-13)24-18(21)14-8-10-15(11-9-14)26(2,22)23/h3-12H,1-2H3. The number of esters is 1. The third-order valence-electron chi connectivity index (χ3n) is 3.61. The molecule has 1 aromatic heterocycles. The molecule has 0 saturated carbocycles. The molecule has 0 aliphatic heterocycles. The summed E-state index contributed by atoms with van der Waals surface area (Å²) in [7, 11) is -3.32. The molecule has 3 rings (SSSR count). The van der Waals surface area contributed by atoms with Crippen LogP contribution in [0.25, 0.3) is 11.5 Å². The first-order valence-corrected chi connectivity index (χ1v) is 9.63. The van der Waals surface area contributed by atoms with Gasteiger partial charge in [0.2, 0.25) is 5.89 Å². The summed E-state index contributed by atoms with van der Waals surface area (Å²) in [4.78, 5) is 12.3. The molecule has 26 heavy (non-hydrogen) atoms. The van der Waals surface area contributed by atoms with Crippen molar-refractivity contribution in [3.05, 3.63) is 66.1 Å². The second-order valence-corrected chi connectivity index (χ2v) is 7.67. The molecule has 0 N–H and O–H groups in total. The molecule has 1 unspecified atom stereocenters. The van der Waals surface area contributed by atoms with Crippen molar-refractivity contribution in [3.63, 3.8) is 0 Å². The van der Waals surface area contributed by atoms with Crippen LogP contribution in [0.5, 0.6) is 0 Å². The van der Waals surface area contributed by atoms with Gasteiger partial charge in [-0.3, -0.25) is 0 Å². The Kier molecular flexibility index (Phi) is 4.85. The van der Waals surface area contributed by atoms with Crippen molar-refractivity contribution in [2.24, 2.45) is 0 Å². The SMILES string of the molecule is CC(OC(=O)c1ccc(S(C)(=O)=O)cc1)c1nnc(-c2ccccc2)o1. The normalized spacial score (nSPS) is 12.5. The van der Waals surface area contributed by atoms with Crippen LogP contribution in [0.4, 0.5) is 0 Å². The highest BCUT2D eigenvalue weighted by Crippen LogP contribution is 2.23. The lowest BCUT2D eigenvalue weighted by Gasteiger charge is -2.09. The Balaban J connectivity index is 1.71. The number of ether oxygens (including phenoxy) is 1. The van der Waals surface area contributed by atoms with E-state index in [1.165, 1.54) is 24.3 Å². The number of carbonyl (C=O) groups excluding carboxylic acids is 1. The molecule has 1 atom stereocenters. The lowest BCUT2D eigenvalue weighted by molar-refractivity contribution is 0.0280. The van der Waals surface area contributed by atoms with Crippen molar-refractivity contribution in [2.45, 2.75) is 17.9 Å². The van der Waals surface area contributed by atoms with Gasteiger partial charge in [0.05, 0.1) is 10.5 Å². The van der Waals surface area contributed by atoms with E-state index in [-0.39, 0.29) is 16.3 Å². The number of aromatic nitrogens is 2. The maximum absolute atomic E-state index is 12.2. The van der Waals surface area contributed by atoms with E-state index in [1.807, 2.05) is 30.3 Å². The molecule has 0 fully saturated rings. The fourth-order valence-electron chi connectivity index (χ4n) is 2.21. The molecule has 0 saturated heterocycles. The summed E-state index contributed by atoms with van der Waals surface area (Å²) in [6.07, 6.45) is 0.351. The van der Waals surface area contributed by atoms with Crippen molar-refractivity contribution in [3.8, 4) is 11.5 Å². The zero-order chi connectivity index (χ0) is 18.7. The number of hydrogen-bond acceptors (Lipinski definition) is 7. The second-order valence-electron chi connectivity index (χ2n) is 5.66. The highest BCUT2D eigenvalue weighted by Gasteiger charge is 2.20. The van der Waals surface area contributed by atoms with E-state index in [2.05, 4.69) is 10.2 Å². The van der Waals surface area contributed by atoms with Crippen LogP contribution in [0.3, 0.4) is 0 Å². The van der Waals surface area contributed by atoms with E-state index in [4.69, 9.17) is 9.15 Å². The number of hydrogen-bond donors (Lipinski definition) is 0. The Morgan fingerprint density at radius 1 is 1.04 bits per heavy atom. The summed E-state index contributed by atoms with van der Waals surface area (Å²) in [5.41, 5.74) is 0.994. The van der Waals surface area contributed by atoms with Gasteiger partial charge >= 0.3 is 5.97 Å². The molecule has 8 heteroatoms. The van der Waals surface area contributed by atoms with Crippen molar-refractivity contribution in [2.75, 3.05) is 6.26 Å². The zero-order valence-electron chi connectivity index (χ0n) is 14.1. The molecule has 3 aromatic rings. The van der Waals surface area contributed by atoms with E-state index in [0.29, 0.717) is 5.89 Å². The average Bonchev–Trinajstić information content (AvgIpc) is 3.12. The van der Waals surface area contributed by atoms with Gasteiger partial charge in [-0.25, -0.2) is 13.2 Å². The Labute approximate surface area is 150 Å². The quantitative estimate of drug-likeness (QED) is 0.635. The Morgan fingerprint density at radius 2 is 1.69 bits per heavy atom. The van der Waals surface area contributed by atoms with E-state index >= 15 is 0 Å². The number of sulfone groups is 1. The van der Waals surface area contributed by atoms with Gasteiger partial charge in [-0.15, -0.1) is 10.2 Å². The molecule has 7 nitrogen and oxygen atoms in total. The van der Waals surface area contributed by atoms with Gasteiger partial charge < -0.3 is 9.15 Å². The molecule has 0 spiro atoms. The largest absolute Gasteiger partial charge is 0.449 e. The van der Waals surface area contributed by atoms with E-state index in [9.17, 15) is 13.2 Å². The van der Waals surface area contributed by atoms with Gasteiger partial charge in [0, 0.05) is 11.8 Å². The highest BCUT2D eigenvalue weighted by atomic mass is 32.2. The fourth-order valence-corrected chi connectivity index (χ4v) is 2.84. The molecule has 0 aliphatic carbocycles. The maximum atomic E-state index is 12.2. The third kappa shape index (κ3) is 3.97. The van der Waals surface area contributed by atoms with E-state index in [0.717, 1.165) is 11.8 Å². The smallest absolute Gasteiger partial charge is 0.338 e. The van der Waals surface area contributed by atoms with Crippen LogP contribution in [0.15, 0.2) is 63.9 Å². The molecule has 0 amide bonds. The van der Waals surface area contributed by atoms with Crippen LogP contribution >= 0.6 is 0 Å². The minimum absolute atomic E-state index is 0.131. The molecule has 0 radical (unpaired) electrons. The molecule has 0 aliphatic rings. The van der Waals surface area contributed by atoms with Crippen molar-refractivity contribution < 1.29 is 22.4 Å². The Morgan fingerprint density at radius 3 is 2.31 bits per heavy atom. The number of nitrogens with zero attached hydrogens (tertiary/aromatic N) is 2. The summed E-state index contributed by atoms with van der Waals surface area (Å²) < 4.78 is 33.8. The lowest BCUT2D eigenvalue weighted by atomic mass is 10.2. The molecule has 2 aromatic carbocycles. The summed E-state index contributed by atoms with van der Waals surface area (Å²) >= 11 is 0. The summed E-state index contributed by atoms with van der Waals surface area (Å²) in [6.45, 7) is 1.62. The first-order chi connectivity index (χ1) is 12.3. The first kappa shape index (κ1) is 17.8. The molecule has 134 valence electrons. The van der Waals surface area contributed by atoms with Gasteiger partial charge in [-0.05, 0) is 43.3 Å². The third-order valence-corrected chi connectivity index (χ3v) is 4.74. The van der Waals surface area contributed by atoms with Crippen molar-refractivity contribution >= 4 is 15.8 Å². The summed E-state index contributed by atoms with van der Waals surface area (Å²) in [6, 6.07) is 14.7. The van der Waals surface area contributed by atoms with Crippen LogP contribution in [0, 0.1) is 0 Å². The number of benzene rings is 2. The van der Waals surface area contributed by atoms with Gasteiger partial charge in [0.15, 0.2) is 15.9 Å². The first-order valence-electron chi connectivity index (χ1n) is 7.74. The molecule has 0 bridgehead atoms. The molecular formula is C18H16N2O5S. The molecular weight excluding hydrogens is 356 g/mol. The highest BCUT2D eigenvalue weighted by molar-refractivity contribution is 7.90. The van der Waals surface area contributed by atoms with Gasteiger partial charge in [-0.2, -0.15) is 0 Å². The van der Waals surface area contributed by atoms with Gasteiger partial charge in [-0.1, -0.05) is 18.2 Å². The molecule has 1 heterocycles. The number of carbonyl (C=O) groups is 1. The van der Waals surface area contributed by atoms with Crippen LogP contribution in [0.1, 0.15) is 29.3 Å². The topological polar surface area (TPSA) is 99.4 Å². The minimum Gasteiger partial charge on any atom is -0.449 e. The number of rotatable bonds is 5. The van der Waals surface area contributed by atoms with Crippen LogP contribution < -0.4 is 0 Å². The van der Waals surface area contributed by atoms with Gasteiger partial charge in [0.25, 0.3) is 5.89 Å². The average molecular weight is 372 g/mol. The predicted molar refractivity (Wildman–Crippen MR) is 93.1 cm³/mol. The van der Waals surface area contributed by atoms with Crippen LogP contribution in [-0.2, 0) is 14.6 Å². The Hall–Kier alpha value is -3.00. The maximum Gasteiger partial charge on any atom is 0.338 e. The van der Waals surface area contributed by atoms with E-state index < -0.39 is 21.9 Å². The second kappa shape index (κ2) is 7.09.